The van der Waals surface area contributed by atoms with Crippen LogP contribution in [0.15, 0.2) is 24.3 Å². The minimum atomic E-state index is 0. The van der Waals surface area contributed by atoms with Gasteiger partial charge in [-0.05, 0) is 6.07 Å². The van der Waals surface area contributed by atoms with Crippen molar-refractivity contribution in [1.82, 2.24) is 0 Å². The fourth-order valence-electron chi connectivity index (χ4n) is 0.672. The third kappa shape index (κ3) is 9.01. The summed E-state index contributed by atoms with van der Waals surface area (Å²) in [4.78, 5) is 0. The van der Waals surface area contributed by atoms with Gasteiger partial charge in [0, 0.05) is 0 Å². The molecule has 1 nitrogen and oxygen atoms in total. The molecule has 0 aliphatic carbocycles. The second-order valence-electron chi connectivity index (χ2n) is 1.85. The van der Waals surface area contributed by atoms with Crippen LogP contribution >= 0.6 is 9.69 Å². The van der Waals surface area contributed by atoms with E-state index in [1.54, 1.807) is 7.11 Å². The van der Waals surface area contributed by atoms with Crippen LogP contribution in [0.25, 0.3) is 0 Å². The summed E-state index contributed by atoms with van der Waals surface area (Å²) in [6.07, 6.45) is 0. The normalized spacial score (nSPS) is 6.77. The fraction of sp³-hybridized carbons (Fsp3) is 0.125. The molecule has 0 saturated carbocycles. The number of hydrogen-bond acceptors (Lipinski definition) is 1. The van der Waals surface area contributed by atoms with Crippen LogP contribution in [-0.4, -0.2) is 7.11 Å². The Labute approximate surface area is 112 Å². The molecule has 1 aromatic rings. The van der Waals surface area contributed by atoms with E-state index in [1.807, 2.05) is 24.3 Å². The molecule has 0 amide bonds. The SMILES string of the molecule is [CH2-]c1cccc(OC)c1.[Cl-].[Cl][Zn+].[Li+]. The minimum Gasteiger partial charge on any atom is 1.00 e. The molecule has 0 atom stereocenters. The molecule has 5 heteroatoms. The first-order chi connectivity index (χ1) is 5.33. The van der Waals surface area contributed by atoms with E-state index in [1.165, 1.54) is 0 Å². The van der Waals surface area contributed by atoms with E-state index in [2.05, 4.69) is 6.92 Å². The summed E-state index contributed by atoms with van der Waals surface area (Å²) in [6.45, 7) is 3.75. The van der Waals surface area contributed by atoms with Gasteiger partial charge in [0.05, 0.1) is 12.9 Å². The number of benzene rings is 1. The van der Waals surface area contributed by atoms with Crippen molar-refractivity contribution in [1.29, 1.82) is 0 Å². The van der Waals surface area contributed by atoms with Crippen LogP contribution in [0.2, 0.25) is 0 Å². The summed E-state index contributed by atoms with van der Waals surface area (Å²) in [5, 5.41) is 0. The van der Waals surface area contributed by atoms with E-state index in [-0.39, 0.29) is 31.3 Å². The Morgan fingerprint density at radius 3 is 2.23 bits per heavy atom. The number of ether oxygens (including phenoxy) is 1. The van der Waals surface area contributed by atoms with Gasteiger partial charge in [0.25, 0.3) is 0 Å². The predicted molar refractivity (Wildman–Crippen MR) is 43.3 cm³/mol. The molecule has 1 rings (SSSR count). The van der Waals surface area contributed by atoms with Gasteiger partial charge in [-0.25, -0.2) is 0 Å². The average molecular weight is 264 g/mol. The van der Waals surface area contributed by atoms with Crippen molar-refractivity contribution in [2.45, 2.75) is 0 Å². The molecular weight excluding hydrogens is 255 g/mol. The third-order valence-corrected chi connectivity index (χ3v) is 1.13. The molecule has 13 heavy (non-hydrogen) atoms. The predicted octanol–water partition coefficient (Wildman–Crippen LogP) is -3.43. The quantitative estimate of drug-likeness (QED) is 0.379. The molecule has 0 spiro atoms. The molecule has 0 fully saturated rings. The Bertz CT molecular complexity index is 211. The second kappa shape index (κ2) is 12.7. The zero-order valence-corrected chi connectivity index (χ0v) is 12.4. The van der Waals surface area contributed by atoms with Gasteiger partial charge in [0.1, 0.15) is 0 Å². The van der Waals surface area contributed by atoms with Crippen molar-refractivity contribution in [2.75, 3.05) is 7.11 Å². The van der Waals surface area contributed by atoms with Crippen LogP contribution in [0, 0.1) is 6.92 Å². The fourth-order valence-corrected chi connectivity index (χ4v) is 0.672. The van der Waals surface area contributed by atoms with E-state index in [0.29, 0.717) is 0 Å². The maximum absolute atomic E-state index is 4.96. The zero-order chi connectivity index (χ0) is 8.69. The molecule has 0 radical (unpaired) electrons. The Balaban J connectivity index is -0.000000234. The van der Waals surface area contributed by atoms with Crippen molar-refractivity contribution in [3.05, 3.63) is 36.8 Å². The molecule has 0 saturated heterocycles. The average Bonchev–Trinajstić information content (AvgIpc) is 2.08. The van der Waals surface area contributed by atoms with Gasteiger partial charge >= 0.3 is 45.9 Å². The first-order valence-corrected chi connectivity index (χ1v) is 6.95. The third-order valence-electron chi connectivity index (χ3n) is 1.13. The van der Waals surface area contributed by atoms with Gasteiger partial charge in [0.15, 0.2) is 0 Å². The summed E-state index contributed by atoms with van der Waals surface area (Å²) >= 11 is 0.847. The molecule has 0 unspecified atom stereocenters. The maximum Gasteiger partial charge on any atom is 1.00 e. The molecular formula is C8H9Cl2LiOZn. The van der Waals surface area contributed by atoms with Gasteiger partial charge in [-0.2, -0.15) is 18.6 Å². The zero-order valence-electron chi connectivity index (χ0n) is 7.89. The maximum atomic E-state index is 4.96. The van der Waals surface area contributed by atoms with Gasteiger partial charge in [-0.15, -0.1) is 12.1 Å². The molecule has 0 aliphatic heterocycles. The Morgan fingerprint density at radius 1 is 1.38 bits per heavy atom. The number of hydrogen-bond donors (Lipinski definition) is 0. The molecule has 0 bridgehead atoms. The van der Waals surface area contributed by atoms with Crippen molar-refractivity contribution in [3.8, 4) is 5.75 Å². The van der Waals surface area contributed by atoms with Gasteiger partial charge in [-0.1, -0.05) is 0 Å². The molecule has 0 heterocycles. The second-order valence-corrected chi connectivity index (χ2v) is 1.85. The van der Waals surface area contributed by atoms with Gasteiger partial charge in [-0.3, -0.25) is 0 Å². The standard InChI is InChI=1S/C8H9O.2ClH.Li.Zn/c1-7-4-3-5-8(6-7)9-2;;;;/h3-6H,1H2,2H3;2*1H;;/q-1;;;+1;+2/p-2. The van der Waals surface area contributed by atoms with Crippen molar-refractivity contribution in [3.63, 3.8) is 0 Å². The van der Waals surface area contributed by atoms with Crippen LogP contribution in [0.3, 0.4) is 0 Å². The molecule has 0 aromatic heterocycles. The van der Waals surface area contributed by atoms with E-state index in [4.69, 9.17) is 14.4 Å². The monoisotopic (exact) mass is 262 g/mol. The number of methoxy groups -OCH3 is 1. The van der Waals surface area contributed by atoms with Crippen LogP contribution in [-0.2, 0) is 17.3 Å². The summed E-state index contributed by atoms with van der Waals surface area (Å²) < 4.78 is 4.96. The number of halogens is 2. The molecule has 1 aromatic carbocycles. The Kier molecular flexibility index (Phi) is 18.8. The smallest absolute Gasteiger partial charge is 1.00 e. The first kappa shape index (κ1) is 19.3. The molecule has 0 N–H and O–H groups in total. The van der Waals surface area contributed by atoms with Crippen LogP contribution in [0.1, 0.15) is 5.56 Å². The summed E-state index contributed by atoms with van der Waals surface area (Å²) in [5.74, 6) is 0.863. The van der Waals surface area contributed by atoms with Crippen LogP contribution < -0.4 is 36.0 Å². The molecule has 64 valence electrons. The van der Waals surface area contributed by atoms with Crippen molar-refractivity contribution in [2.24, 2.45) is 0 Å². The Hall–Kier alpha value is 0.691. The van der Waals surface area contributed by atoms with E-state index in [9.17, 15) is 0 Å². The van der Waals surface area contributed by atoms with Crippen LogP contribution in [0.4, 0.5) is 0 Å². The van der Waals surface area contributed by atoms with E-state index < -0.39 is 0 Å². The van der Waals surface area contributed by atoms with E-state index >= 15 is 0 Å². The molecule has 0 aliphatic rings. The summed E-state index contributed by atoms with van der Waals surface area (Å²) in [5.41, 5.74) is 0.981. The topological polar surface area (TPSA) is 9.23 Å². The van der Waals surface area contributed by atoms with Gasteiger partial charge in [0.2, 0.25) is 0 Å². The largest absolute Gasteiger partial charge is 1.00 e. The van der Waals surface area contributed by atoms with Crippen molar-refractivity contribution < 1.29 is 53.3 Å². The number of rotatable bonds is 1. The van der Waals surface area contributed by atoms with Gasteiger partial charge < -0.3 is 17.1 Å². The summed E-state index contributed by atoms with van der Waals surface area (Å²) in [6, 6.07) is 7.64. The Morgan fingerprint density at radius 2 is 1.92 bits per heavy atom. The van der Waals surface area contributed by atoms with Crippen LogP contribution in [0.5, 0.6) is 5.75 Å². The van der Waals surface area contributed by atoms with E-state index in [0.717, 1.165) is 28.6 Å². The summed E-state index contributed by atoms with van der Waals surface area (Å²) in [7, 11) is 6.41. The minimum absolute atomic E-state index is 0. The first-order valence-electron chi connectivity index (χ1n) is 3.05. The van der Waals surface area contributed by atoms with Crippen molar-refractivity contribution >= 4 is 9.69 Å².